The molecule has 1 nitrogen and oxygen atoms in total. The number of hydrogen-bond donors (Lipinski definition) is 0. The number of hydrogen-bond acceptors (Lipinski definition) is 1. The maximum atomic E-state index is 11.6. The van der Waals surface area contributed by atoms with Crippen LogP contribution >= 0.6 is 0 Å². The summed E-state index contributed by atoms with van der Waals surface area (Å²) in [5.41, 5.74) is 0. The highest BCUT2D eigenvalue weighted by Gasteiger charge is 2.22. The fourth-order valence-corrected chi connectivity index (χ4v) is 4.51. The molecular formula is C9H22OSSi. The van der Waals surface area contributed by atoms with E-state index in [1.54, 1.807) is 0 Å². The fourth-order valence-electron chi connectivity index (χ4n) is 0.705. The van der Waals surface area contributed by atoms with Crippen LogP contribution in [-0.4, -0.2) is 22.8 Å². The van der Waals surface area contributed by atoms with Crippen molar-refractivity contribution in [2.75, 3.05) is 5.75 Å². The minimum absolute atomic E-state index is 0.0281. The zero-order valence-corrected chi connectivity index (χ0v) is 11.0. The third-order valence-corrected chi connectivity index (χ3v) is 5.77. The lowest BCUT2D eigenvalue weighted by atomic mass is 10.3. The molecule has 0 N–H and O–H groups in total. The second-order valence-corrected chi connectivity index (χ2v) is 13.4. The summed E-state index contributed by atoms with van der Waals surface area (Å²) >= 11 is 0. The molecule has 74 valence electrons. The molecule has 0 aromatic carbocycles. The first-order valence-electron chi connectivity index (χ1n) is 4.51. The van der Waals surface area contributed by atoms with Crippen LogP contribution < -0.4 is 0 Å². The molecule has 0 saturated heterocycles. The molecule has 12 heavy (non-hydrogen) atoms. The maximum Gasteiger partial charge on any atom is 0.0451 e. The van der Waals surface area contributed by atoms with Gasteiger partial charge in [0.05, 0.1) is 0 Å². The maximum absolute atomic E-state index is 11.6. The Morgan fingerprint density at radius 2 is 1.58 bits per heavy atom. The summed E-state index contributed by atoms with van der Waals surface area (Å²) in [7, 11) is -1.64. The van der Waals surface area contributed by atoms with E-state index in [1.807, 2.05) is 20.8 Å². The van der Waals surface area contributed by atoms with Gasteiger partial charge in [0.2, 0.25) is 0 Å². The van der Waals surface area contributed by atoms with Gasteiger partial charge < -0.3 is 0 Å². The Morgan fingerprint density at radius 3 is 1.83 bits per heavy atom. The Labute approximate surface area is 80.4 Å². The minimum atomic E-state index is -0.992. The highest BCUT2D eigenvalue weighted by molar-refractivity contribution is 7.86. The van der Waals surface area contributed by atoms with Gasteiger partial charge in [-0.25, -0.2) is 0 Å². The van der Waals surface area contributed by atoms with E-state index in [2.05, 4.69) is 19.6 Å². The molecule has 0 aromatic rings. The SMILES string of the molecule is CC(C)(C)S(=O)CC[Si](C)(C)C. The van der Waals surface area contributed by atoms with E-state index in [-0.39, 0.29) is 4.75 Å². The molecule has 1 unspecified atom stereocenters. The summed E-state index contributed by atoms with van der Waals surface area (Å²) < 4.78 is 11.6. The van der Waals surface area contributed by atoms with E-state index in [9.17, 15) is 4.21 Å². The van der Waals surface area contributed by atoms with Gasteiger partial charge in [0.15, 0.2) is 0 Å². The highest BCUT2D eigenvalue weighted by atomic mass is 32.2. The molecule has 1 atom stereocenters. The Hall–Kier alpha value is 0.367. The lowest BCUT2D eigenvalue weighted by Crippen LogP contribution is -2.29. The molecule has 0 aliphatic carbocycles. The predicted octanol–water partition coefficient (Wildman–Crippen LogP) is 2.87. The van der Waals surface area contributed by atoms with Gasteiger partial charge in [-0.05, 0) is 26.8 Å². The average molecular weight is 206 g/mol. The van der Waals surface area contributed by atoms with Crippen LogP contribution in [0.15, 0.2) is 0 Å². The molecule has 0 bridgehead atoms. The fraction of sp³-hybridized carbons (Fsp3) is 1.00. The average Bonchev–Trinajstić information content (AvgIpc) is 1.78. The van der Waals surface area contributed by atoms with Gasteiger partial charge in [-0.1, -0.05) is 19.6 Å². The predicted molar refractivity (Wildman–Crippen MR) is 60.9 cm³/mol. The first-order chi connectivity index (χ1) is 5.13. The second kappa shape index (κ2) is 4.05. The molecule has 0 saturated carbocycles. The largest absolute Gasteiger partial charge is 0.259 e. The van der Waals surface area contributed by atoms with Crippen molar-refractivity contribution >= 4 is 18.9 Å². The van der Waals surface area contributed by atoms with E-state index in [1.165, 1.54) is 6.04 Å². The first-order valence-corrected chi connectivity index (χ1v) is 9.54. The minimum Gasteiger partial charge on any atom is -0.259 e. The van der Waals surface area contributed by atoms with Crippen molar-refractivity contribution in [1.82, 2.24) is 0 Å². The smallest absolute Gasteiger partial charge is 0.0451 e. The summed E-state index contributed by atoms with van der Waals surface area (Å²) in [5.74, 6) is 0.888. The molecular weight excluding hydrogens is 184 g/mol. The van der Waals surface area contributed by atoms with Crippen molar-refractivity contribution in [3.63, 3.8) is 0 Å². The van der Waals surface area contributed by atoms with Crippen LogP contribution in [0.25, 0.3) is 0 Å². The molecule has 0 heterocycles. The molecule has 0 rings (SSSR count). The summed E-state index contributed by atoms with van der Waals surface area (Å²) in [6.45, 7) is 13.1. The third kappa shape index (κ3) is 5.95. The van der Waals surface area contributed by atoms with Crippen LogP contribution in [0.1, 0.15) is 20.8 Å². The Balaban J connectivity index is 3.90. The Bertz CT molecular complexity index is 164. The van der Waals surface area contributed by atoms with Gasteiger partial charge in [0, 0.05) is 29.4 Å². The van der Waals surface area contributed by atoms with Crippen molar-refractivity contribution in [1.29, 1.82) is 0 Å². The Kier molecular flexibility index (Phi) is 4.17. The van der Waals surface area contributed by atoms with Crippen molar-refractivity contribution in [2.45, 2.75) is 51.2 Å². The summed E-state index contributed by atoms with van der Waals surface area (Å²) in [5, 5.41) is 0. The zero-order chi connectivity index (χ0) is 9.99. The normalized spacial score (nSPS) is 16.2. The first kappa shape index (κ1) is 12.4. The zero-order valence-electron chi connectivity index (χ0n) is 9.23. The van der Waals surface area contributed by atoms with Crippen LogP contribution in [0, 0.1) is 0 Å². The Morgan fingerprint density at radius 1 is 1.17 bits per heavy atom. The van der Waals surface area contributed by atoms with Crippen LogP contribution in [0.5, 0.6) is 0 Å². The van der Waals surface area contributed by atoms with Gasteiger partial charge in [-0.3, -0.25) is 4.21 Å². The van der Waals surface area contributed by atoms with Crippen LogP contribution in [0.2, 0.25) is 25.7 Å². The molecule has 0 spiro atoms. The molecule has 0 fully saturated rings. The van der Waals surface area contributed by atoms with Gasteiger partial charge in [0.25, 0.3) is 0 Å². The van der Waals surface area contributed by atoms with Gasteiger partial charge in [-0.2, -0.15) is 0 Å². The number of rotatable bonds is 3. The third-order valence-electron chi connectivity index (χ3n) is 1.72. The van der Waals surface area contributed by atoms with E-state index in [4.69, 9.17) is 0 Å². The van der Waals surface area contributed by atoms with Crippen LogP contribution in [0.4, 0.5) is 0 Å². The van der Waals surface area contributed by atoms with Crippen molar-refractivity contribution in [2.24, 2.45) is 0 Å². The molecule has 0 radical (unpaired) electrons. The molecule has 0 aliphatic rings. The van der Waals surface area contributed by atoms with Crippen molar-refractivity contribution in [3.05, 3.63) is 0 Å². The van der Waals surface area contributed by atoms with Crippen LogP contribution in [0.3, 0.4) is 0 Å². The van der Waals surface area contributed by atoms with Gasteiger partial charge in [0.1, 0.15) is 0 Å². The quantitative estimate of drug-likeness (QED) is 0.649. The van der Waals surface area contributed by atoms with Gasteiger partial charge >= 0.3 is 0 Å². The van der Waals surface area contributed by atoms with E-state index in [0.717, 1.165) is 5.75 Å². The van der Waals surface area contributed by atoms with Crippen molar-refractivity contribution in [3.8, 4) is 0 Å². The molecule has 0 aromatic heterocycles. The van der Waals surface area contributed by atoms with E-state index >= 15 is 0 Å². The highest BCUT2D eigenvalue weighted by Crippen LogP contribution is 2.16. The molecule has 3 heteroatoms. The monoisotopic (exact) mass is 206 g/mol. The van der Waals surface area contributed by atoms with E-state index < -0.39 is 18.9 Å². The van der Waals surface area contributed by atoms with Crippen LogP contribution in [-0.2, 0) is 10.8 Å². The van der Waals surface area contributed by atoms with Gasteiger partial charge in [-0.15, -0.1) is 0 Å². The molecule has 0 aliphatic heterocycles. The van der Waals surface area contributed by atoms with E-state index in [0.29, 0.717) is 0 Å². The second-order valence-electron chi connectivity index (χ2n) is 5.47. The summed E-state index contributed by atoms with van der Waals surface area (Å²) in [6.07, 6.45) is 0. The lowest BCUT2D eigenvalue weighted by Gasteiger charge is -2.21. The lowest BCUT2D eigenvalue weighted by molar-refractivity contribution is 0.649. The summed E-state index contributed by atoms with van der Waals surface area (Å²) in [4.78, 5) is 0. The van der Waals surface area contributed by atoms with Crippen molar-refractivity contribution < 1.29 is 4.21 Å². The molecule has 0 amide bonds. The standard InChI is InChI=1S/C9H22OSSi/c1-9(2,3)11(10)7-8-12(4,5)6/h7-8H2,1-6H3. The topological polar surface area (TPSA) is 17.1 Å². The summed E-state index contributed by atoms with van der Waals surface area (Å²) in [6, 6.07) is 1.18.